The van der Waals surface area contributed by atoms with Crippen LogP contribution in [0.3, 0.4) is 0 Å². The van der Waals surface area contributed by atoms with Gasteiger partial charge in [0.15, 0.2) is 17.6 Å². The van der Waals surface area contributed by atoms with Gasteiger partial charge in [-0.3, -0.25) is 9.10 Å². The summed E-state index contributed by atoms with van der Waals surface area (Å²) in [4.78, 5) is 12.6. The molecule has 0 spiro atoms. The molecule has 0 saturated heterocycles. The number of nitrogens with one attached hydrogen (secondary N) is 1. The van der Waals surface area contributed by atoms with E-state index in [4.69, 9.17) is 14.2 Å². The van der Waals surface area contributed by atoms with Gasteiger partial charge < -0.3 is 19.5 Å². The molecule has 0 saturated carbocycles. The summed E-state index contributed by atoms with van der Waals surface area (Å²) < 4.78 is 41.3. The van der Waals surface area contributed by atoms with Gasteiger partial charge in [0.2, 0.25) is 10.0 Å². The van der Waals surface area contributed by atoms with E-state index in [2.05, 4.69) is 5.32 Å². The Hall–Kier alpha value is -2.94. The Kier molecular flexibility index (Phi) is 8.56. The second-order valence-electron chi connectivity index (χ2n) is 7.11. The molecule has 2 atom stereocenters. The summed E-state index contributed by atoms with van der Waals surface area (Å²) in [6, 6.07) is 13.6. The molecule has 0 fully saturated rings. The Morgan fingerprint density at radius 3 is 2.26 bits per heavy atom. The molecule has 0 radical (unpaired) electrons. The summed E-state index contributed by atoms with van der Waals surface area (Å²) in [5, 5.41) is 2.89. The van der Waals surface area contributed by atoms with Crippen molar-refractivity contribution in [2.24, 2.45) is 0 Å². The van der Waals surface area contributed by atoms with Gasteiger partial charge in [-0.15, -0.1) is 0 Å². The molecule has 31 heavy (non-hydrogen) atoms. The topological polar surface area (TPSA) is 94.2 Å². The average molecular weight is 451 g/mol. The van der Waals surface area contributed by atoms with Crippen molar-refractivity contribution < 1.29 is 27.4 Å². The predicted octanol–water partition coefficient (Wildman–Crippen LogP) is 2.83. The Labute approximate surface area is 184 Å². The van der Waals surface area contributed by atoms with Crippen LogP contribution in [0.2, 0.25) is 0 Å². The molecule has 2 aromatic carbocycles. The number of para-hydroxylation sites is 2. The quantitative estimate of drug-likeness (QED) is 0.566. The third-order valence-corrected chi connectivity index (χ3v) is 5.79. The van der Waals surface area contributed by atoms with Crippen LogP contribution in [0.1, 0.15) is 20.3 Å². The Balaban J connectivity index is 1.92. The smallest absolute Gasteiger partial charge is 0.261 e. The maximum Gasteiger partial charge on any atom is 0.261 e. The first-order valence-corrected chi connectivity index (χ1v) is 11.8. The summed E-state index contributed by atoms with van der Waals surface area (Å²) >= 11 is 0. The lowest BCUT2D eigenvalue weighted by Gasteiger charge is -2.22. The van der Waals surface area contributed by atoms with Crippen LogP contribution in [-0.4, -0.2) is 53.5 Å². The van der Waals surface area contributed by atoms with Crippen molar-refractivity contribution >= 4 is 21.6 Å². The van der Waals surface area contributed by atoms with Crippen LogP contribution in [0.4, 0.5) is 5.69 Å². The largest absolute Gasteiger partial charge is 0.493 e. The summed E-state index contributed by atoms with van der Waals surface area (Å²) in [6.45, 7) is 3.97. The van der Waals surface area contributed by atoms with Gasteiger partial charge in [0, 0.05) is 7.05 Å². The van der Waals surface area contributed by atoms with Crippen molar-refractivity contribution in [3.8, 4) is 17.2 Å². The fourth-order valence-corrected chi connectivity index (χ4v) is 3.25. The SMILES string of the molecule is CC[C@@H](Oc1ccc(N(C)S(C)(=O)=O)cc1)C(=O)N[C@H](C)COc1ccccc1OC. The third-order valence-electron chi connectivity index (χ3n) is 4.59. The minimum absolute atomic E-state index is 0.249. The number of carbonyl (C=O) groups excluding carboxylic acids is 1. The minimum Gasteiger partial charge on any atom is -0.493 e. The summed E-state index contributed by atoms with van der Waals surface area (Å²) in [7, 11) is -0.299. The van der Waals surface area contributed by atoms with Gasteiger partial charge >= 0.3 is 0 Å². The molecule has 1 N–H and O–H groups in total. The van der Waals surface area contributed by atoms with E-state index in [0.29, 0.717) is 29.4 Å². The van der Waals surface area contributed by atoms with E-state index >= 15 is 0 Å². The highest BCUT2D eigenvalue weighted by Crippen LogP contribution is 2.26. The maximum atomic E-state index is 12.6. The van der Waals surface area contributed by atoms with Crippen LogP contribution >= 0.6 is 0 Å². The summed E-state index contributed by atoms with van der Waals surface area (Å²) in [5.74, 6) is 1.45. The normalized spacial score (nSPS) is 13.1. The molecule has 170 valence electrons. The minimum atomic E-state index is -3.34. The number of ether oxygens (including phenoxy) is 3. The first-order valence-electron chi connectivity index (χ1n) is 9.92. The van der Waals surface area contributed by atoms with Crippen molar-refractivity contribution in [1.29, 1.82) is 0 Å². The number of carbonyl (C=O) groups is 1. The van der Waals surface area contributed by atoms with E-state index in [0.717, 1.165) is 6.26 Å². The van der Waals surface area contributed by atoms with Crippen LogP contribution in [0.5, 0.6) is 17.2 Å². The fraction of sp³-hybridized carbons (Fsp3) is 0.409. The highest BCUT2D eigenvalue weighted by Gasteiger charge is 2.21. The van der Waals surface area contributed by atoms with Gasteiger partial charge in [-0.2, -0.15) is 0 Å². The van der Waals surface area contributed by atoms with E-state index in [1.807, 2.05) is 26.0 Å². The highest BCUT2D eigenvalue weighted by molar-refractivity contribution is 7.92. The molecule has 9 heteroatoms. The second-order valence-corrected chi connectivity index (χ2v) is 9.12. The third kappa shape index (κ3) is 7.06. The monoisotopic (exact) mass is 450 g/mol. The predicted molar refractivity (Wildman–Crippen MR) is 120 cm³/mol. The molecule has 0 aliphatic heterocycles. The summed E-state index contributed by atoms with van der Waals surface area (Å²) in [6.07, 6.45) is 0.914. The van der Waals surface area contributed by atoms with E-state index in [1.54, 1.807) is 43.5 Å². The Morgan fingerprint density at radius 1 is 1.10 bits per heavy atom. The molecule has 0 bridgehead atoms. The van der Waals surface area contributed by atoms with Crippen LogP contribution < -0.4 is 23.8 Å². The zero-order chi connectivity index (χ0) is 23.0. The number of sulfonamides is 1. The molecular weight excluding hydrogens is 420 g/mol. The molecule has 0 heterocycles. The van der Waals surface area contributed by atoms with E-state index in [-0.39, 0.29) is 18.6 Å². The number of methoxy groups -OCH3 is 1. The summed E-state index contributed by atoms with van der Waals surface area (Å²) in [5.41, 5.74) is 0.509. The van der Waals surface area contributed by atoms with Crippen LogP contribution in [0, 0.1) is 0 Å². The number of amides is 1. The lowest BCUT2D eigenvalue weighted by Crippen LogP contribution is -2.44. The number of anilines is 1. The lowest BCUT2D eigenvalue weighted by atomic mass is 10.2. The number of benzene rings is 2. The second kappa shape index (κ2) is 10.9. The number of rotatable bonds is 11. The van der Waals surface area contributed by atoms with E-state index in [9.17, 15) is 13.2 Å². The molecular formula is C22H30N2O6S. The molecule has 2 rings (SSSR count). The molecule has 0 unspecified atom stereocenters. The van der Waals surface area contributed by atoms with Crippen molar-refractivity contribution in [2.75, 3.05) is 31.3 Å². The maximum absolute atomic E-state index is 12.6. The fourth-order valence-electron chi connectivity index (χ4n) is 2.74. The first kappa shape index (κ1) is 24.3. The standard InChI is InChI=1S/C22H30N2O6S/c1-6-19(30-18-13-11-17(12-14-18)24(3)31(5,26)27)22(25)23-16(2)15-29-21-10-8-7-9-20(21)28-4/h7-14,16,19H,6,15H2,1-5H3,(H,23,25)/t16-,19-/m1/s1. The van der Waals surface area contributed by atoms with Crippen LogP contribution in [-0.2, 0) is 14.8 Å². The van der Waals surface area contributed by atoms with Crippen LogP contribution in [0.25, 0.3) is 0 Å². The molecule has 2 aromatic rings. The van der Waals surface area contributed by atoms with E-state index in [1.165, 1.54) is 11.4 Å². The number of hydrogen-bond acceptors (Lipinski definition) is 6. The molecule has 8 nitrogen and oxygen atoms in total. The zero-order valence-electron chi connectivity index (χ0n) is 18.5. The molecule has 1 amide bonds. The van der Waals surface area contributed by atoms with Gasteiger partial charge in [0.25, 0.3) is 5.91 Å². The average Bonchev–Trinajstić information content (AvgIpc) is 2.75. The Morgan fingerprint density at radius 2 is 1.71 bits per heavy atom. The molecule has 0 aromatic heterocycles. The Bertz CT molecular complexity index is 962. The van der Waals surface area contributed by atoms with Crippen molar-refractivity contribution in [3.05, 3.63) is 48.5 Å². The number of nitrogens with zero attached hydrogens (tertiary/aromatic N) is 1. The van der Waals surface area contributed by atoms with Gasteiger partial charge in [0.05, 0.1) is 25.1 Å². The number of hydrogen-bond donors (Lipinski definition) is 1. The van der Waals surface area contributed by atoms with Crippen LogP contribution in [0.15, 0.2) is 48.5 Å². The van der Waals surface area contributed by atoms with Crippen molar-refractivity contribution in [2.45, 2.75) is 32.4 Å². The van der Waals surface area contributed by atoms with Crippen molar-refractivity contribution in [1.82, 2.24) is 5.32 Å². The van der Waals surface area contributed by atoms with Gasteiger partial charge in [-0.25, -0.2) is 8.42 Å². The van der Waals surface area contributed by atoms with E-state index < -0.39 is 16.1 Å². The lowest BCUT2D eigenvalue weighted by molar-refractivity contribution is -0.128. The zero-order valence-corrected chi connectivity index (χ0v) is 19.3. The molecule has 0 aliphatic carbocycles. The van der Waals surface area contributed by atoms with Gasteiger partial charge in [-0.1, -0.05) is 19.1 Å². The van der Waals surface area contributed by atoms with Gasteiger partial charge in [0.1, 0.15) is 12.4 Å². The van der Waals surface area contributed by atoms with Crippen molar-refractivity contribution in [3.63, 3.8) is 0 Å². The molecule has 0 aliphatic rings. The first-order chi connectivity index (χ1) is 14.7. The highest BCUT2D eigenvalue weighted by atomic mass is 32.2. The van der Waals surface area contributed by atoms with Gasteiger partial charge in [-0.05, 0) is 49.7 Å².